The standard InChI is InChI=1S/C20H25NO3/c1-23-19-11-9-15-16(20(19)24-2)8-10-18(17(15)13-22)21-12-14-6-4-3-5-7-14/h3-7,9,11,17-18,21-22H,8,10,12-13H2,1-2H3. The fourth-order valence-electron chi connectivity index (χ4n) is 3.64. The molecular weight excluding hydrogens is 302 g/mol. The van der Waals surface area contributed by atoms with E-state index in [4.69, 9.17) is 9.47 Å². The lowest BCUT2D eigenvalue weighted by Gasteiger charge is -2.34. The molecule has 2 aromatic carbocycles. The molecule has 128 valence electrons. The highest BCUT2D eigenvalue weighted by Crippen LogP contribution is 2.41. The van der Waals surface area contributed by atoms with Gasteiger partial charge in [-0.25, -0.2) is 0 Å². The summed E-state index contributed by atoms with van der Waals surface area (Å²) >= 11 is 0. The lowest BCUT2D eigenvalue weighted by Crippen LogP contribution is -2.39. The average Bonchev–Trinajstić information content (AvgIpc) is 2.65. The van der Waals surface area contributed by atoms with Gasteiger partial charge in [0.2, 0.25) is 0 Å². The molecule has 0 fully saturated rings. The molecule has 3 rings (SSSR count). The number of hydrogen-bond donors (Lipinski definition) is 2. The molecule has 1 aliphatic rings. The molecule has 0 saturated carbocycles. The molecule has 2 aromatic rings. The second-order valence-electron chi connectivity index (χ2n) is 6.17. The first-order valence-electron chi connectivity index (χ1n) is 8.40. The summed E-state index contributed by atoms with van der Waals surface area (Å²) < 4.78 is 11.0. The van der Waals surface area contributed by atoms with Gasteiger partial charge in [-0.05, 0) is 30.0 Å². The van der Waals surface area contributed by atoms with E-state index in [-0.39, 0.29) is 18.6 Å². The molecule has 2 unspecified atom stereocenters. The van der Waals surface area contributed by atoms with Gasteiger partial charge in [0.1, 0.15) is 0 Å². The maximum absolute atomic E-state index is 9.98. The van der Waals surface area contributed by atoms with E-state index in [0.29, 0.717) is 0 Å². The fraction of sp³-hybridized carbons (Fsp3) is 0.400. The van der Waals surface area contributed by atoms with Crippen LogP contribution in [-0.2, 0) is 13.0 Å². The van der Waals surface area contributed by atoms with Crippen molar-refractivity contribution in [1.82, 2.24) is 5.32 Å². The average molecular weight is 327 g/mol. The van der Waals surface area contributed by atoms with Crippen LogP contribution in [0.2, 0.25) is 0 Å². The van der Waals surface area contributed by atoms with E-state index in [1.54, 1.807) is 14.2 Å². The van der Waals surface area contributed by atoms with E-state index in [1.165, 1.54) is 5.56 Å². The van der Waals surface area contributed by atoms with E-state index >= 15 is 0 Å². The zero-order chi connectivity index (χ0) is 16.9. The highest BCUT2D eigenvalue weighted by atomic mass is 16.5. The zero-order valence-corrected chi connectivity index (χ0v) is 14.3. The molecular formula is C20H25NO3. The van der Waals surface area contributed by atoms with E-state index in [0.717, 1.165) is 42.0 Å². The van der Waals surface area contributed by atoms with Crippen molar-refractivity contribution in [3.8, 4) is 11.5 Å². The molecule has 0 aliphatic heterocycles. The molecule has 24 heavy (non-hydrogen) atoms. The third-order valence-corrected chi connectivity index (χ3v) is 4.88. The van der Waals surface area contributed by atoms with Gasteiger partial charge in [0.25, 0.3) is 0 Å². The quantitative estimate of drug-likeness (QED) is 0.856. The van der Waals surface area contributed by atoms with Crippen LogP contribution in [0.3, 0.4) is 0 Å². The minimum atomic E-state index is 0.0669. The summed E-state index contributed by atoms with van der Waals surface area (Å²) in [6, 6.07) is 14.6. The van der Waals surface area contributed by atoms with Crippen molar-refractivity contribution in [1.29, 1.82) is 0 Å². The van der Waals surface area contributed by atoms with Crippen LogP contribution in [0.15, 0.2) is 42.5 Å². The van der Waals surface area contributed by atoms with Crippen LogP contribution in [0.1, 0.15) is 29.0 Å². The predicted octanol–water partition coefficient (Wildman–Crippen LogP) is 2.88. The van der Waals surface area contributed by atoms with Gasteiger partial charge < -0.3 is 19.9 Å². The molecule has 0 spiro atoms. The van der Waals surface area contributed by atoms with Gasteiger partial charge in [0, 0.05) is 24.1 Å². The van der Waals surface area contributed by atoms with Gasteiger partial charge in [0.15, 0.2) is 11.5 Å². The summed E-state index contributed by atoms with van der Waals surface area (Å²) in [6.45, 7) is 0.930. The van der Waals surface area contributed by atoms with Crippen LogP contribution in [-0.4, -0.2) is 32.0 Å². The van der Waals surface area contributed by atoms with Gasteiger partial charge in [-0.15, -0.1) is 0 Å². The Kier molecular flexibility index (Phi) is 5.38. The summed E-state index contributed by atoms with van der Waals surface area (Å²) in [5.74, 6) is 1.62. The summed E-state index contributed by atoms with van der Waals surface area (Å²) in [6.07, 6.45) is 1.88. The fourth-order valence-corrected chi connectivity index (χ4v) is 3.64. The molecule has 0 bridgehead atoms. The van der Waals surface area contributed by atoms with Crippen LogP contribution >= 0.6 is 0 Å². The first kappa shape index (κ1) is 16.8. The molecule has 0 amide bonds. The number of aliphatic hydroxyl groups excluding tert-OH is 1. The van der Waals surface area contributed by atoms with E-state index < -0.39 is 0 Å². The van der Waals surface area contributed by atoms with Gasteiger partial charge in [-0.3, -0.25) is 0 Å². The Morgan fingerprint density at radius 1 is 1.08 bits per heavy atom. The highest BCUT2D eigenvalue weighted by molar-refractivity contribution is 5.53. The van der Waals surface area contributed by atoms with Crippen molar-refractivity contribution in [3.05, 3.63) is 59.2 Å². The Bertz CT molecular complexity index is 672. The second kappa shape index (κ2) is 7.69. The van der Waals surface area contributed by atoms with E-state index in [2.05, 4.69) is 23.5 Å². The van der Waals surface area contributed by atoms with E-state index in [9.17, 15) is 5.11 Å². The van der Waals surface area contributed by atoms with Gasteiger partial charge in [-0.2, -0.15) is 0 Å². The van der Waals surface area contributed by atoms with Gasteiger partial charge in [-0.1, -0.05) is 36.4 Å². The Labute approximate surface area is 143 Å². The molecule has 0 saturated heterocycles. The molecule has 0 radical (unpaired) electrons. The normalized spacial score (nSPS) is 19.6. The highest BCUT2D eigenvalue weighted by Gasteiger charge is 2.31. The number of ether oxygens (including phenoxy) is 2. The first-order chi connectivity index (χ1) is 11.8. The Morgan fingerprint density at radius 2 is 1.88 bits per heavy atom. The minimum Gasteiger partial charge on any atom is -0.493 e. The first-order valence-corrected chi connectivity index (χ1v) is 8.40. The summed E-state index contributed by atoms with van der Waals surface area (Å²) in [4.78, 5) is 0. The van der Waals surface area contributed by atoms with Gasteiger partial charge >= 0.3 is 0 Å². The van der Waals surface area contributed by atoms with Crippen LogP contribution in [0.4, 0.5) is 0 Å². The number of benzene rings is 2. The number of hydrogen-bond acceptors (Lipinski definition) is 4. The number of rotatable bonds is 6. The molecule has 1 aliphatic carbocycles. The number of methoxy groups -OCH3 is 2. The van der Waals surface area contributed by atoms with Crippen LogP contribution in [0.25, 0.3) is 0 Å². The monoisotopic (exact) mass is 327 g/mol. The lowest BCUT2D eigenvalue weighted by atomic mass is 9.79. The SMILES string of the molecule is COc1ccc2c(c1OC)CCC(NCc1ccccc1)C2CO. The second-order valence-corrected chi connectivity index (χ2v) is 6.17. The van der Waals surface area contributed by atoms with Crippen molar-refractivity contribution in [2.24, 2.45) is 0 Å². The third-order valence-electron chi connectivity index (χ3n) is 4.88. The molecule has 4 nitrogen and oxygen atoms in total. The number of fused-ring (bicyclic) bond motifs is 1. The summed E-state index contributed by atoms with van der Waals surface area (Å²) in [5, 5.41) is 13.6. The molecule has 2 atom stereocenters. The van der Waals surface area contributed by atoms with Crippen molar-refractivity contribution in [2.75, 3.05) is 20.8 Å². The Balaban J connectivity index is 1.81. The molecule has 2 N–H and O–H groups in total. The van der Waals surface area contributed by atoms with Crippen molar-refractivity contribution in [2.45, 2.75) is 31.3 Å². The Morgan fingerprint density at radius 3 is 2.54 bits per heavy atom. The van der Waals surface area contributed by atoms with Crippen LogP contribution < -0.4 is 14.8 Å². The number of nitrogens with one attached hydrogen (secondary N) is 1. The largest absolute Gasteiger partial charge is 0.493 e. The molecule has 0 heterocycles. The Hall–Kier alpha value is -2.04. The molecule has 4 heteroatoms. The van der Waals surface area contributed by atoms with Gasteiger partial charge in [0.05, 0.1) is 20.8 Å². The third kappa shape index (κ3) is 3.25. The topological polar surface area (TPSA) is 50.7 Å². The smallest absolute Gasteiger partial charge is 0.164 e. The number of aliphatic hydroxyl groups is 1. The summed E-state index contributed by atoms with van der Waals surface area (Å²) in [7, 11) is 3.33. The van der Waals surface area contributed by atoms with Crippen LogP contribution in [0.5, 0.6) is 11.5 Å². The van der Waals surface area contributed by atoms with Crippen molar-refractivity contribution < 1.29 is 14.6 Å². The summed E-state index contributed by atoms with van der Waals surface area (Å²) in [5.41, 5.74) is 3.58. The zero-order valence-electron chi connectivity index (χ0n) is 14.3. The predicted molar refractivity (Wildman–Crippen MR) is 94.8 cm³/mol. The minimum absolute atomic E-state index is 0.0669. The van der Waals surface area contributed by atoms with Crippen molar-refractivity contribution in [3.63, 3.8) is 0 Å². The van der Waals surface area contributed by atoms with Crippen LogP contribution in [0, 0.1) is 0 Å². The lowest BCUT2D eigenvalue weighted by molar-refractivity contribution is 0.221. The molecule has 0 aromatic heterocycles. The maximum atomic E-state index is 9.98. The maximum Gasteiger partial charge on any atom is 0.164 e. The van der Waals surface area contributed by atoms with E-state index in [1.807, 2.05) is 24.3 Å². The van der Waals surface area contributed by atoms with Crippen molar-refractivity contribution >= 4 is 0 Å².